The molecule has 1 rings (SSSR count). The van der Waals surface area contributed by atoms with Crippen molar-refractivity contribution in [2.45, 2.75) is 6.92 Å². The van der Waals surface area contributed by atoms with Crippen molar-refractivity contribution in [1.29, 1.82) is 0 Å². The summed E-state index contributed by atoms with van der Waals surface area (Å²) in [6, 6.07) is 1.21. The van der Waals surface area contributed by atoms with E-state index in [-0.39, 0.29) is 17.7 Å². The van der Waals surface area contributed by atoms with E-state index in [1.807, 2.05) is 0 Å². The van der Waals surface area contributed by atoms with Gasteiger partial charge in [0.2, 0.25) is 5.95 Å². The summed E-state index contributed by atoms with van der Waals surface area (Å²) in [6.45, 7) is 1.89. The molecule has 0 N–H and O–H groups in total. The fraction of sp³-hybridized carbons (Fsp3) is 0.182. The Morgan fingerprint density at radius 3 is 3.06 bits per heavy atom. The van der Waals surface area contributed by atoms with E-state index in [0.29, 0.717) is 6.29 Å². The molecule has 1 aromatic rings. The lowest BCUT2D eigenvalue weighted by Crippen LogP contribution is -2.00. The van der Waals surface area contributed by atoms with E-state index < -0.39 is 11.9 Å². The number of hydrogen-bond acceptors (Lipinski definition) is 4. The van der Waals surface area contributed by atoms with Crippen LogP contribution in [0.4, 0.5) is 4.39 Å². The average Bonchev–Trinajstić information content (AvgIpc) is 2.28. The highest BCUT2D eigenvalue weighted by Crippen LogP contribution is 2.03. The Labute approximate surface area is 91.4 Å². The molecule has 0 bridgehead atoms. The Hall–Kier alpha value is -2.22. The fourth-order valence-corrected chi connectivity index (χ4v) is 0.906. The second-order valence-corrected chi connectivity index (χ2v) is 2.69. The lowest BCUT2D eigenvalue weighted by atomic mass is 10.2. The molecule has 1 aromatic heterocycles. The molecule has 0 aliphatic carbocycles. The normalized spacial score (nSPS) is 8.88. The number of aldehydes is 1. The molecule has 0 atom stereocenters. The molecule has 0 radical (unpaired) electrons. The summed E-state index contributed by atoms with van der Waals surface area (Å²) in [5.41, 5.74) is 0.0761. The number of hydrogen-bond donors (Lipinski definition) is 0. The van der Waals surface area contributed by atoms with E-state index in [0.717, 1.165) is 6.20 Å². The van der Waals surface area contributed by atoms with Crippen LogP contribution in [-0.4, -0.2) is 23.8 Å². The van der Waals surface area contributed by atoms with Crippen LogP contribution in [0.3, 0.4) is 0 Å². The zero-order valence-corrected chi connectivity index (χ0v) is 8.49. The van der Waals surface area contributed by atoms with Crippen molar-refractivity contribution in [1.82, 2.24) is 4.98 Å². The summed E-state index contributed by atoms with van der Waals surface area (Å²) >= 11 is 0. The molecule has 0 aliphatic heterocycles. The number of aromatic nitrogens is 1. The predicted molar refractivity (Wildman–Crippen MR) is 53.1 cm³/mol. The topological polar surface area (TPSA) is 56.3 Å². The van der Waals surface area contributed by atoms with Crippen LogP contribution in [0, 0.1) is 17.8 Å². The van der Waals surface area contributed by atoms with Crippen LogP contribution in [0.1, 0.15) is 22.8 Å². The molecule has 1 heterocycles. The van der Waals surface area contributed by atoms with Gasteiger partial charge in [-0.15, -0.1) is 0 Å². The van der Waals surface area contributed by atoms with Gasteiger partial charge in [0.05, 0.1) is 12.2 Å². The van der Waals surface area contributed by atoms with Gasteiger partial charge in [-0.2, -0.15) is 4.39 Å². The average molecular weight is 221 g/mol. The van der Waals surface area contributed by atoms with E-state index in [9.17, 15) is 14.0 Å². The number of pyridine rings is 1. The minimum absolute atomic E-state index is 0.198. The van der Waals surface area contributed by atoms with Crippen LogP contribution >= 0.6 is 0 Å². The molecule has 5 heteroatoms. The lowest BCUT2D eigenvalue weighted by Gasteiger charge is -1.94. The zero-order valence-electron chi connectivity index (χ0n) is 8.49. The van der Waals surface area contributed by atoms with Crippen molar-refractivity contribution in [3.05, 3.63) is 29.3 Å². The summed E-state index contributed by atoms with van der Waals surface area (Å²) in [6.07, 6.45) is 1.46. The van der Waals surface area contributed by atoms with E-state index in [1.54, 1.807) is 6.92 Å². The maximum Gasteiger partial charge on any atom is 0.384 e. The van der Waals surface area contributed by atoms with Crippen molar-refractivity contribution in [3.63, 3.8) is 0 Å². The first-order chi connectivity index (χ1) is 7.67. The van der Waals surface area contributed by atoms with Gasteiger partial charge in [0.1, 0.15) is 0 Å². The maximum atomic E-state index is 12.8. The molecule has 0 spiro atoms. The predicted octanol–water partition coefficient (Wildman–Crippen LogP) is 0.948. The van der Waals surface area contributed by atoms with Gasteiger partial charge in [-0.1, -0.05) is 5.92 Å². The van der Waals surface area contributed by atoms with Crippen molar-refractivity contribution >= 4 is 12.3 Å². The van der Waals surface area contributed by atoms with Crippen LogP contribution in [0.2, 0.25) is 0 Å². The van der Waals surface area contributed by atoms with Crippen molar-refractivity contribution in [3.8, 4) is 11.8 Å². The molecule has 4 nitrogen and oxygen atoms in total. The summed E-state index contributed by atoms with van der Waals surface area (Å²) in [5, 5.41) is 0. The molecule has 0 aliphatic rings. The van der Waals surface area contributed by atoms with Gasteiger partial charge in [0.25, 0.3) is 0 Å². The third-order valence-electron chi connectivity index (χ3n) is 1.58. The highest BCUT2D eigenvalue weighted by atomic mass is 19.1. The zero-order chi connectivity index (χ0) is 12.0. The number of ether oxygens (including phenoxy) is 1. The molecular weight excluding hydrogens is 213 g/mol. The Kier molecular flexibility index (Phi) is 4.16. The third-order valence-corrected chi connectivity index (χ3v) is 1.58. The molecule has 0 saturated carbocycles. The summed E-state index contributed by atoms with van der Waals surface area (Å²) in [5.74, 6) is 3.05. The molecule has 0 fully saturated rings. The summed E-state index contributed by atoms with van der Waals surface area (Å²) in [4.78, 5) is 24.6. The van der Waals surface area contributed by atoms with Crippen LogP contribution in [0.5, 0.6) is 0 Å². The Balaban J connectivity index is 2.89. The SMILES string of the molecule is CCOC(=O)C#Cc1cnc(F)c(C=O)c1. The van der Waals surface area contributed by atoms with Gasteiger partial charge in [-0.25, -0.2) is 9.78 Å². The highest BCUT2D eigenvalue weighted by Gasteiger charge is 2.02. The number of carbonyl (C=O) groups is 2. The lowest BCUT2D eigenvalue weighted by molar-refractivity contribution is -0.136. The van der Waals surface area contributed by atoms with Crippen molar-refractivity contribution in [2.75, 3.05) is 6.61 Å². The second-order valence-electron chi connectivity index (χ2n) is 2.69. The molecular formula is C11H8FNO3. The molecule has 0 aromatic carbocycles. The fourth-order valence-electron chi connectivity index (χ4n) is 0.906. The number of nitrogens with zero attached hydrogens (tertiary/aromatic N) is 1. The van der Waals surface area contributed by atoms with E-state index in [4.69, 9.17) is 0 Å². The van der Waals surface area contributed by atoms with Crippen molar-refractivity contribution in [2.24, 2.45) is 0 Å². The Bertz CT molecular complexity index is 474. The molecule has 0 unspecified atom stereocenters. The molecule has 16 heavy (non-hydrogen) atoms. The first-order valence-corrected chi connectivity index (χ1v) is 4.47. The summed E-state index contributed by atoms with van der Waals surface area (Å²) < 4.78 is 17.4. The molecule has 0 amide bonds. The second kappa shape index (κ2) is 5.61. The molecule has 82 valence electrons. The maximum absolute atomic E-state index is 12.8. The van der Waals surface area contributed by atoms with Crippen LogP contribution in [-0.2, 0) is 9.53 Å². The van der Waals surface area contributed by atoms with Gasteiger partial charge in [-0.05, 0) is 13.0 Å². The number of carbonyl (C=O) groups excluding carboxylic acids is 2. The number of halogens is 1. The Morgan fingerprint density at radius 1 is 1.69 bits per heavy atom. The van der Waals surface area contributed by atoms with Gasteiger partial charge in [0, 0.05) is 17.7 Å². The van der Waals surface area contributed by atoms with Crippen LogP contribution < -0.4 is 0 Å². The van der Waals surface area contributed by atoms with Crippen LogP contribution in [0.25, 0.3) is 0 Å². The number of esters is 1. The van der Waals surface area contributed by atoms with Crippen molar-refractivity contribution < 1.29 is 18.7 Å². The monoisotopic (exact) mass is 221 g/mol. The first-order valence-electron chi connectivity index (χ1n) is 4.47. The summed E-state index contributed by atoms with van der Waals surface area (Å²) in [7, 11) is 0. The smallest absolute Gasteiger partial charge is 0.384 e. The van der Waals surface area contributed by atoms with E-state index in [2.05, 4.69) is 21.6 Å². The van der Waals surface area contributed by atoms with E-state index in [1.165, 1.54) is 6.07 Å². The largest absolute Gasteiger partial charge is 0.456 e. The van der Waals surface area contributed by atoms with Gasteiger partial charge in [-0.3, -0.25) is 4.79 Å². The Morgan fingerprint density at radius 2 is 2.44 bits per heavy atom. The van der Waals surface area contributed by atoms with E-state index >= 15 is 0 Å². The highest BCUT2D eigenvalue weighted by molar-refractivity contribution is 5.89. The van der Waals surface area contributed by atoms with Gasteiger partial charge in [0.15, 0.2) is 6.29 Å². The minimum atomic E-state index is -0.864. The van der Waals surface area contributed by atoms with Crippen LogP contribution in [0.15, 0.2) is 12.3 Å². The third kappa shape index (κ3) is 3.17. The minimum Gasteiger partial charge on any atom is -0.456 e. The van der Waals surface area contributed by atoms with Gasteiger partial charge < -0.3 is 4.74 Å². The number of rotatable bonds is 2. The van der Waals surface area contributed by atoms with Gasteiger partial charge >= 0.3 is 5.97 Å². The molecule has 0 saturated heterocycles. The standard InChI is InChI=1S/C11H8FNO3/c1-2-16-10(15)4-3-8-5-9(7-14)11(12)13-6-8/h5-7H,2H2,1H3. The first kappa shape index (κ1) is 11.9. The quantitative estimate of drug-likeness (QED) is 0.323.